The molecule has 0 N–H and O–H groups in total. The van der Waals surface area contributed by atoms with Crippen LogP contribution in [0, 0.1) is 0 Å². The Labute approximate surface area is 164 Å². The normalized spacial score (nSPS) is 14.3. The van der Waals surface area contributed by atoms with E-state index in [0.717, 1.165) is 32.8 Å². The van der Waals surface area contributed by atoms with Crippen LogP contribution in [0.25, 0.3) is 27.0 Å². The summed E-state index contributed by atoms with van der Waals surface area (Å²) in [5.41, 5.74) is 4.29. The standard InChI is InChI=1S/C20H17N7S/c1-26-11-16(10-22-26)15-8-14-6-12(2-5-17(14)21-9-15)7-18-23-24-20-27(18)25-19(28-20)13-3-4-13/h2,5-6,8-11,13H,3-4,7H2,1H3. The topological polar surface area (TPSA) is 73.8 Å². The fourth-order valence-electron chi connectivity index (χ4n) is 3.48. The van der Waals surface area contributed by atoms with Gasteiger partial charge in [-0.3, -0.25) is 9.67 Å². The van der Waals surface area contributed by atoms with Gasteiger partial charge in [0.1, 0.15) is 5.01 Å². The van der Waals surface area contributed by atoms with Gasteiger partial charge in [0.2, 0.25) is 4.96 Å². The van der Waals surface area contributed by atoms with E-state index in [9.17, 15) is 0 Å². The van der Waals surface area contributed by atoms with E-state index >= 15 is 0 Å². The Morgan fingerprint density at radius 2 is 2.04 bits per heavy atom. The van der Waals surface area contributed by atoms with Crippen molar-refractivity contribution < 1.29 is 0 Å². The number of hydrogen-bond donors (Lipinski definition) is 0. The average molecular weight is 387 g/mol. The molecule has 1 aliphatic rings. The number of aromatic nitrogens is 7. The second kappa shape index (κ2) is 5.93. The van der Waals surface area contributed by atoms with Gasteiger partial charge in [-0.05, 0) is 36.6 Å². The van der Waals surface area contributed by atoms with Gasteiger partial charge in [0, 0.05) is 48.3 Å². The van der Waals surface area contributed by atoms with E-state index in [-0.39, 0.29) is 0 Å². The third-order valence-electron chi connectivity index (χ3n) is 5.14. The lowest BCUT2D eigenvalue weighted by atomic mass is 10.0. The van der Waals surface area contributed by atoms with Gasteiger partial charge in [0.25, 0.3) is 0 Å². The number of nitrogens with zero attached hydrogens (tertiary/aromatic N) is 7. The first-order valence-corrected chi connectivity index (χ1v) is 10.1. The van der Waals surface area contributed by atoms with Gasteiger partial charge < -0.3 is 0 Å². The molecule has 0 unspecified atom stereocenters. The van der Waals surface area contributed by atoms with E-state index in [1.165, 1.54) is 23.4 Å². The molecule has 1 fully saturated rings. The monoisotopic (exact) mass is 387 g/mol. The number of aryl methyl sites for hydroxylation is 1. The van der Waals surface area contributed by atoms with E-state index < -0.39 is 0 Å². The molecule has 8 heteroatoms. The second-order valence-corrected chi connectivity index (χ2v) is 8.34. The largest absolute Gasteiger partial charge is 0.275 e. The zero-order chi connectivity index (χ0) is 18.7. The van der Waals surface area contributed by atoms with Crippen LogP contribution in [0.5, 0.6) is 0 Å². The molecule has 0 radical (unpaired) electrons. The molecule has 0 spiro atoms. The minimum atomic E-state index is 0.636. The minimum Gasteiger partial charge on any atom is -0.275 e. The van der Waals surface area contributed by atoms with Crippen molar-refractivity contribution in [2.45, 2.75) is 25.2 Å². The highest BCUT2D eigenvalue weighted by Gasteiger charge is 2.28. The molecular formula is C20H17N7S. The molecular weight excluding hydrogens is 370 g/mol. The summed E-state index contributed by atoms with van der Waals surface area (Å²) in [5, 5.41) is 20.0. The minimum absolute atomic E-state index is 0.636. The van der Waals surface area contributed by atoms with Crippen LogP contribution in [-0.2, 0) is 13.5 Å². The van der Waals surface area contributed by atoms with E-state index in [2.05, 4.69) is 44.5 Å². The van der Waals surface area contributed by atoms with E-state index in [1.54, 1.807) is 16.0 Å². The third kappa shape index (κ3) is 2.68. The molecule has 0 atom stereocenters. The molecule has 6 rings (SSSR count). The molecule has 4 aromatic heterocycles. The molecule has 0 amide bonds. The predicted molar refractivity (Wildman–Crippen MR) is 107 cm³/mol. The SMILES string of the molecule is Cn1cc(-c2cnc3ccc(Cc4nnc5sc(C6CC6)nn45)cc3c2)cn1. The fourth-order valence-corrected chi connectivity index (χ4v) is 4.51. The smallest absolute Gasteiger partial charge is 0.234 e. The van der Waals surface area contributed by atoms with Crippen molar-refractivity contribution in [3.05, 3.63) is 59.3 Å². The maximum atomic E-state index is 4.74. The lowest BCUT2D eigenvalue weighted by Crippen LogP contribution is -1.98. The summed E-state index contributed by atoms with van der Waals surface area (Å²) in [6, 6.07) is 8.51. The third-order valence-corrected chi connectivity index (χ3v) is 6.21. The van der Waals surface area contributed by atoms with Crippen LogP contribution >= 0.6 is 11.3 Å². The average Bonchev–Trinajstić information content (AvgIpc) is 3.15. The highest BCUT2D eigenvalue weighted by atomic mass is 32.1. The maximum Gasteiger partial charge on any atom is 0.234 e. The molecule has 1 aromatic carbocycles. The van der Waals surface area contributed by atoms with E-state index in [4.69, 9.17) is 5.10 Å². The molecule has 1 aliphatic carbocycles. The van der Waals surface area contributed by atoms with Crippen molar-refractivity contribution in [1.82, 2.24) is 34.6 Å². The molecule has 1 saturated carbocycles. The molecule has 0 bridgehead atoms. The number of fused-ring (bicyclic) bond motifs is 2. The quantitative estimate of drug-likeness (QED) is 0.471. The first-order valence-electron chi connectivity index (χ1n) is 9.32. The number of benzene rings is 1. The highest BCUT2D eigenvalue weighted by molar-refractivity contribution is 7.16. The van der Waals surface area contributed by atoms with Crippen molar-refractivity contribution in [1.29, 1.82) is 0 Å². The van der Waals surface area contributed by atoms with Gasteiger partial charge >= 0.3 is 0 Å². The van der Waals surface area contributed by atoms with Crippen LogP contribution in [0.15, 0.2) is 42.9 Å². The van der Waals surface area contributed by atoms with Gasteiger partial charge in [-0.2, -0.15) is 14.7 Å². The van der Waals surface area contributed by atoms with Gasteiger partial charge in [-0.1, -0.05) is 17.4 Å². The first kappa shape index (κ1) is 15.9. The Morgan fingerprint density at radius 1 is 1.11 bits per heavy atom. The Kier molecular flexibility index (Phi) is 3.37. The molecule has 0 saturated heterocycles. The van der Waals surface area contributed by atoms with Gasteiger partial charge in [-0.25, -0.2) is 0 Å². The van der Waals surface area contributed by atoms with E-state index in [0.29, 0.717) is 12.3 Å². The highest BCUT2D eigenvalue weighted by Crippen LogP contribution is 2.41. The number of pyridine rings is 1. The molecule has 5 aromatic rings. The van der Waals surface area contributed by atoms with Crippen LogP contribution in [-0.4, -0.2) is 34.6 Å². The van der Waals surface area contributed by atoms with Crippen molar-refractivity contribution in [2.24, 2.45) is 7.05 Å². The molecule has 0 aliphatic heterocycles. The maximum absolute atomic E-state index is 4.74. The number of rotatable bonds is 4. The Bertz CT molecular complexity index is 1330. The van der Waals surface area contributed by atoms with E-state index in [1.807, 2.05) is 30.2 Å². The van der Waals surface area contributed by atoms with Gasteiger partial charge in [0.15, 0.2) is 5.82 Å². The first-order chi connectivity index (χ1) is 13.7. The Balaban J connectivity index is 1.36. The van der Waals surface area contributed by atoms with Crippen molar-refractivity contribution >= 4 is 27.2 Å². The summed E-state index contributed by atoms with van der Waals surface area (Å²) in [6.45, 7) is 0. The van der Waals surface area contributed by atoms with Crippen LogP contribution in [0.2, 0.25) is 0 Å². The van der Waals surface area contributed by atoms with Crippen LogP contribution in [0.4, 0.5) is 0 Å². The van der Waals surface area contributed by atoms with Crippen LogP contribution < -0.4 is 0 Å². The fraction of sp³-hybridized carbons (Fsp3) is 0.250. The lowest BCUT2D eigenvalue weighted by Gasteiger charge is -2.04. The van der Waals surface area contributed by atoms with Crippen molar-refractivity contribution in [3.63, 3.8) is 0 Å². The lowest BCUT2D eigenvalue weighted by molar-refractivity contribution is 0.768. The summed E-state index contributed by atoms with van der Waals surface area (Å²) in [7, 11) is 1.92. The van der Waals surface area contributed by atoms with Gasteiger partial charge in [-0.15, -0.1) is 10.2 Å². The summed E-state index contributed by atoms with van der Waals surface area (Å²) in [4.78, 5) is 5.49. The molecule has 7 nitrogen and oxygen atoms in total. The zero-order valence-corrected chi connectivity index (χ0v) is 16.1. The molecule has 138 valence electrons. The van der Waals surface area contributed by atoms with Crippen LogP contribution in [0.1, 0.15) is 35.2 Å². The second-order valence-electron chi connectivity index (χ2n) is 7.36. The Hall–Kier alpha value is -3.13. The predicted octanol–water partition coefficient (Wildman–Crippen LogP) is 3.60. The zero-order valence-electron chi connectivity index (χ0n) is 15.3. The summed E-state index contributed by atoms with van der Waals surface area (Å²) < 4.78 is 3.71. The molecule has 28 heavy (non-hydrogen) atoms. The summed E-state index contributed by atoms with van der Waals surface area (Å²) in [6.07, 6.45) is 8.95. The molecule has 4 heterocycles. The summed E-state index contributed by atoms with van der Waals surface area (Å²) >= 11 is 1.66. The van der Waals surface area contributed by atoms with Gasteiger partial charge in [0.05, 0.1) is 11.7 Å². The Morgan fingerprint density at radius 3 is 2.86 bits per heavy atom. The van der Waals surface area contributed by atoms with Crippen molar-refractivity contribution in [3.8, 4) is 11.1 Å². The summed E-state index contributed by atoms with van der Waals surface area (Å²) in [5.74, 6) is 1.52. The number of hydrogen-bond acceptors (Lipinski definition) is 6. The van der Waals surface area contributed by atoms with Crippen LogP contribution in [0.3, 0.4) is 0 Å². The van der Waals surface area contributed by atoms with Crippen molar-refractivity contribution in [2.75, 3.05) is 0 Å².